The molecule has 0 aromatic carbocycles. The Morgan fingerprint density at radius 3 is 2.71 bits per heavy atom. The summed E-state index contributed by atoms with van der Waals surface area (Å²) in [5.74, 6) is 1.61. The fourth-order valence-corrected chi connectivity index (χ4v) is 1.19. The fraction of sp³-hybridized carbons (Fsp3) is 0.636. The SMILES string of the molecule is CNc1cc(NCCOCCN(C)C)ncn1. The highest BCUT2D eigenvalue weighted by molar-refractivity contribution is 5.45. The van der Waals surface area contributed by atoms with Gasteiger partial charge < -0.3 is 20.3 Å². The van der Waals surface area contributed by atoms with Crippen LogP contribution in [0.2, 0.25) is 0 Å². The van der Waals surface area contributed by atoms with Gasteiger partial charge in [0.25, 0.3) is 0 Å². The molecule has 1 aromatic rings. The zero-order chi connectivity index (χ0) is 12.5. The lowest BCUT2D eigenvalue weighted by Crippen LogP contribution is -2.20. The maximum absolute atomic E-state index is 5.46. The Bertz CT molecular complexity index is 318. The van der Waals surface area contributed by atoms with Crippen molar-refractivity contribution in [3.05, 3.63) is 12.4 Å². The lowest BCUT2D eigenvalue weighted by molar-refractivity contribution is 0.126. The van der Waals surface area contributed by atoms with E-state index in [-0.39, 0.29) is 0 Å². The summed E-state index contributed by atoms with van der Waals surface area (Å²) in [5, 5.41) is 6.14. The first-order chi connectivity index (χ1) is 8.22. The number of hydrogen-bond donors (Lipinski definition) is 2. The highest BCUT2D eigenvalue weighted by Crippen LogP contribution is 2.06. The molecule has 0 aliphatic carbocycles. The maximum Gasteiger partial charge on any atom is 0.131 e. The molecule has 2 N–H and O–H groups in total. The predicted molar refractivity (Wildman–Crippen MR) is 69.4 cm³/mol. The number of aromatic nitrogens is 2. The Kier molecular flexibility index (Phi) is 6.27. The van der Waals surface area contributed by atoms with Gasteiger partial charge >= 0.3 is 0 Å². The summed E-state index contributed by atoms with van der Waals surface area (Å²) in [6.07, 6.45) is 1.53. The molecule has 6 nitrogen and oxygen atoms in total. The topological polar surface area (TPSA) is 62.3 Å². The van der Waals surface area contributed by atoms with Crippen molar-refractivity contribution in [2.24, 2.45) is 0 Å². The largest absolute Gasteiger partial charge is 0.378 e. The lowest BCUT2D eigenvalue weighted by atomic mass is 10.5. The second-order valence-corrected chi connectivity index (χ2v) is 3.88. The molecule has 1 heterocycles. The summed E-state index contributed by atoms with van der Waals surface area (Å²) < 4.78 is 5.46. The Hall–Kier alpha value is -1.40. The average Bonchev–Trinajstić information content (AvgIpc) is 2.33. The van der Waals surface area contributed by atoms with E-state index in [1.807, 2.05) is 27.2 Å². The van der Waals surface area contributed by atoms with E-state index in [1.165, 1.54) is 6.33 Å². The Morgan fingerprint density at radius 2 is 2.00 bits per heavy atom. The van der Waals surface area contributed by atoms with Gasteiger partial charge in [0.2, 0.25) is 0 Å². The van der Waals surface area contributed by atoms with Crippen LogP contribution in [0.4, 0.5) is 11.6 Å². The third kappa shape index (κ3) is 6.03. The van der Waals surface area contributed by atoms with Gasteiger partial charge in [-0.1, -0.05) is 0 Å². The average molecular weight is 239 g/mol. The number of nitrogens with one attached hydrogen (secondary N) is 2. The Morgan fingerprint density at radius 1 is 1.24 bits per heavy atom. The van der Waals surface area contributed by atoms with Crippen LogP contribution >= 0.6 is 0 Å². The zero-order valence-electron chi connectivity index (χ0n) is 10.7. The van der Waals surface area contributed by atoms with Crippen molar-refractivity contribution in [1.82, 2.24) is 14.9 Å². The van der Waals surface area contributed by atoms with Gasteiger partial charge in [0.1, 0.15) is 18.0 Å². The van der Waals surface area contributed by atoms with Crippen LogP contribution in [-0.4, -0.2) is 62.3 Å². The van der Waals surface area contributed by atoms with Crippen LogP contribution in [0, 0.1) is 0 Å². The van der Waals surface area contributed by atoms with Crippen molar-refractivity contribution in [2.75, 3.05) is 58.1 Å². The molecule has 0 amide bonds. The first-order valence-electron chi connectivity index (χ1n) is 5.68. The summed E-state index contributed by atoms with van der Waals surface area (Å²) in [4.78, 5) is 10.2. The minimum absolute atomic E-state index is 0.673. The molecular weight excluding hydrogens is 218 g/mol. The van der Waals surface area contributed by atoms with Crippen LogP contribution in [0.5, 0.6) is 0 Å². The minimum atomic E-state index is 0.673. The van der Waals surface area contributed by atoms with Gasteiger partial charge in [0.05, 0.1) is 13.2 Å². The second-order valence-electron chi connectivity index (χ2n) is 3.88. The molecule has 0 aliphatic rings. The molecule has 0 atom stereocenters. The number of nitrogens with zero attached hydrogens (tertiary/aromatic N) is 3. The van der Waals surface area contributed by atoms with Crippen molar-refractivity contribution in [3.63, 3.8) is 0 Å². The van der Waals surface area contributed by atoms with E-state index in [0.717, 1.165) is 31.3 Å². The number of ether oxygens (including phenoxy) is 1. The Labute approximate surface area is 102 Å². The number of anilines is 2. The molecule has 0 saturated heterocycles. The number of likely N-dealkylation sites (N-methyl/N-ethyl adjacent to an activating group) is 1. The first kappa shape index (κ1) is 13.7. The quantitative estimate of drug-likeness (QED) is 0.644. The van der Waals surface area contributed by atoms with E-state index >= 15 is 0 Å². The monoisotopic (exact) mass is 239 g/mol. The number of rotatable bonds is 8. The smallest absolute Gasteiger partial charge is 0.131 e. The third-order valence-electron chi connectivity index (χ3n) is 2.16. The van der Waals surface area contributed by atoms with Crippen molar-refractivity contribution in [3.8, 4) is 0 Å². The molecule has 1 aromatic heterocycles. The van der Waals surface area contributed by atoms with Crippen LogP contribution in [0.1, 0.15) is 0 Å². The first-order valence-corrected chi connectivity index (χ1v) is 5.68. The second kappa shape index (κ2) is 7.81. The van der Waals surface area contributed by atoms with Crippen molar-refractivity contribution < 1.29 is 4.74 Å². The fourth-order valence-electron chi connectivity index (χ4n) is 1.19. The lowest BCUT2D eigenvalue weighted by Gasteiger charge is -2.10. The van der Waals surface area contributed by atoms with Crippen molar-refractivity contribution >= 4 is 11.6 Å². The Balaban J connectivity index is 2.13. The molecule has 6 heteroatoms. The third-order valence-corrected chi connectivity index (χ3v) is 2.16. The van der Waals surface area contributed by atoms with E-state index in [0.29, 0.717) is 6.61 Å². The van der Waals surface area contributed by atoms with Gasteiger partial charge in [-0.05, 0) is 14.1 Å². The van der Waals surface area contributed by atoms with E-state index in [2.05, 4.69) is 25.5 Å². The molecule has 0 radical (unpaired) electrons. The van der Waals surface area contributed by atoms with E-state index < -0.39 is 0 Å². The summed E-state index contributed by atoms with van der Waals surface area (Å²) >= 11 is 0. The molecule has 0 fully saturated rings. The molecule has 1 rings (SSSR count). The summed E-state index contributed by atoms with van der Waals surface area (Å²) in [5.41, 5.74) is 0. The molecular formula is C11H21N5O. The van der Waals surface area contributed by atoms with Crippen LogP contribution in [0.25, 0.3) is 0 Å². The van der Waals surface area contributed by atoms with E-state index in [4.69, 9.17) is 4.74 Å². The van der Waals surface area contributed by atoms with Crippen molar-refractivity contribution in [2.45, 2.75) is 0 Å². The predicted octanol–water partition coefficient (Wildman–Crippen LogP) is 0.508. The molecule has 96 valence electrons. The van der Waals surface area contributed by atoms with Gasteiger partial charge in [-0.25, -0.2) is 9.97 Å². The molecule has 0 saturated carbocycles. The van der Waals surface area contributed by atoms with E-state index in [1.54, 1.807) is 0 Å². The highest BCUT2D eigenvalue weighted by atomic mass is 16.5. The molecule has 0 aliphatic heterocycles. The molecule has 0 spiro atoms. The van der Waals surface area contributed by atoms with Gasteiger partial charge in [-0.2, -0.15) is 0 Å². The van der Waals surface area contributed by atoms with Gasteiger partial charge in [0, 0.05) is 26.2 Å². The van der Waals surface area contributed by atoms with E-state index in [9.17, 15) is 0 Å². The minimum Gasteiger partial charge on any atom is -0.378 e. The molecule has 0 unspecified atom stereocenters. The summed E-state index contributed by atoms with van der Waals surface area (Å²) in [7, 11) is 5.89. The number of hydrogen-bond acceptors (Lipinski definition) is 6. The van der Waals surface area contributed by atoms with Gasteiger partial charge in [0.15, 0.2) is 0 Å². The standard InChI is InChI=1S/C11H21N5O/c1-12-10-8-11(15-9-14-10)13-4-6-17-7-5-16(2)3/h8-9H,4-7H2,1-3H3,(H2,12,13,14,15). The summed E-state index contributed by atoms with van der Waals surface area (Å²) in [6.45, 7) is 3.11. The van der Waals surface area contributed by atoms with Gasteiger partial charge in [-0.3, -0.25) is 0 Å². The normalized spacial score (nSPS) is 10.6. The molecule has 0 bridgehead atoms. The molecule has 17 heavy (non-hydrogen) atoms. The van der Waals surface area contributed by atoms with Crippen LogP contribution in [0.15, 0.2) is 12.4 Å². The van der Waals surface area contributed by atoms with Crippen molar-refractivity contribution in [1.29, 1.82) is 0 Å². The van der Waals surface area contributed by atoms with Crippen LogP contribution < -0.4 is 10.6 Å². The van der Waals surface area contributed by atoms with Gasteiger partial charge in [-0.15, -0.1) is 0 Å². The van der Waals surface area contributed by atoms with Crippen LogP contribution in [0.3, 0.4) is 0 Å². The summed E-state index contributed by atoms with van der Waals surface area (Å²) in [6, 6.07) is 1.86. The zero-order valence-corrected chi connectivity index (χ0v) is 10.7. The highest BCUT2D eigenvalue weighted by Gasteiger charge is 1.96. The maximum atomic E-state index is 5.46. The van der Waals surface area contributed by atoms with Crippen LogP contribution in [-0.2, 0) is 4.74 Å².